The topological polar surface area (TPSA) is 32.7 Å². The molecule has 1 aromatic carbocycles. The van der Waals surface area contributed by atoms with Crippen molar-refractivity contribution in [3.8, 4) is 5.75 Å². The number of aliphatic hydroxyl groups is 1. The third-order valence-electron chi connectivity index (χ3n) is 3.93. The highest BCUT2D eigenvalue weighted by molar-refractivity contribution is 5.40. The van der Waals surface area contributed by atoms with Crippen molar-refractivity contribution in [2.24, 2.45) is 0 Å². The van der Waals surface area contributed by atoms with Crippen LogP contribution in [0, 0.1) is 6.92 Å². The largest absolute Gasteiger partial charge is 0.490 e. The molecule has 1 N–H and O–H groups in total. The van der Waals surface area contributed by atoms with Gasteiger partial charge >= 0.3 is 12.1 Å². The summed E-state index contributed by atoms with van der Waals surface area (Å²) in [6.45, 7) is 3.18. The number of halogens is 5. The Labute approximate surface area is 137 Å². The van der Waals surface area contributed by atoms with Gasteiger partial charge in [0.1, 0.15) is 18.5 Å². The van der Waals surface area contributed by atoms with E-state index in [1.54, 1.807) is 6.92 Å². The first-order valence-corrected chi connectivity index (χ1v) is 7.70. The normalized spacial score (nSPS) is 18.0. The number of β-amino-alcohol motifs (C(OH)–C–C–N with tert-alkyl or cyclic N) is 1. The Balaban J connectivity index is 2.10. The molecule has 1 atom stereocenters. The highest BCUT2D eigenvalue weighted by atomic mass is 19.4. The van der Waals surface area contributed by atoms with Gasteiger partial charge < -0.3 is 14.7 Å². The number of rotatable bonds is 6. The minimum atomic E-state index is -5.71. The van der Waals surface area contributed by atoms with Crippen LogP contribution in [0.5, 0.6) is 5.75 Å². The molecule has 1 fully saturated rings. The van der Waals surface area contributed by atoms with Crippen molar-refractivity contribution in [3.05, 3.63) is 29.3 Å². The zero-order chi connectivity index (χ0) is 18.0. The van der Waals surface area contributed by atoms with Gasteiger partial charge in [0.15, 0.2) is 0 Å². The number of aryl methyl sites for hydroxylation is 1. The van der Waals surface area contributed by atoms with Crippen LogP contribution >= 0.6 is 0 Å². The molecule has 136 valence electrons. The molecule has 0 radical (unpaired) electrons. The lowest BCUT2D eigenvalue weighted by Gasteiger charge is -2.24. The molecule has 0 saturated carbocycles. The number of hydrogen-bond donors (Lipinski definition) is 1. The van der Waals surface area contributed by atoms with Crippen LogP contribution in [0.3, 0.4) is 0 Å². The zero-order valence-electron chi connectivity index (χ0n) is 13.2. The van der Waals surface area contributed by atoms with Gasteiger partial charge in [-0.05, 0) is 50.6 Å². The van der Waals surface area contributed by atoms with Crippen LogP contribution in [0.25, 0.3) is 0 Å². The van der Waals surface area contributed by atoms with Gasteiger partial charge in [0.2, 0.25) is 0 Å². The summed E-state index contributed by atoms with van der Waals surface area (Å²) in [7, 11) is 0. The number of ether oxygens (including phenoxy) is 1. The van der Waals surface area contributed by atoms with Crippen LogP contribution < -0.4 is 4.74 Å². The molecular formula is C16H20F5NO2. The standard InChI is InChI=1S/C16H20F5NO2/c1-11-4-5-13(15(17,18)16(19,20)21)14(8-11)24-10-12(23)9-22-6-2-3-7-22/h4-5,8,12,23H,2-3,6-7,9-10H2,1H3. The lowest BCUT2D eigenvalue weighted by molar-refractivity contribution is -0.289. The molecule has 0 aromatic heterocycles. The van der Waals surface area contributed by atoms with E-state index >= 15 is 0 Å². The smallest absolute Gasteiger partial charge is 0.458 e. The molecule has 8 heteroatoms. The summed E-state index contributed by atoms with van der Waals surface area (Å²) < 4.78 is 70.2. The predicted octanol–water partition coefficient (Wildman–Crippen LogP) is 3.48. The summed E-state index contributed by atoms with van der Waals surface area (Å²) in [6, 6.07) is 3.01. The van der Waals surface area contributed by atoms with Crippen molar-refractivity contribution in [2.75, 3.05) is 26.2 Å². The minimum Gasteiger partial charge on any atom is -0.490 e. The van der Waals surface area contributed by atoms with Gasteiger partial charge in [0.05, 0.1) is 5.56 Å². The summed E-state index contributed by atoms with van der Waals surface area (Å²) in [5.74, 6) is -5.58. The monoisotopic (exact) mass is 353 g/mol. The molecule has 24 heavy (non-hydrogen) atoms. The second kappa shape index (κ2) is 7.23. The van der Waals surface area contributed by atoms with E-state index in [1.807, 2.05) is 4.90 Å². The molecule has 0 aliphatic carbocycles. The van der Waals surface area contributed by atoms with Crippen LogP contribution in [0.2, 0.25) is 0 Å². The van der Waals surface area contributed by atoms with Crippen molar-refractivity contribution in [1.29, 1.82) is 0 Å². The Hall–Kier alpha value is -1.41. The summed E-state index contributed by atoms with van der Waals surface area (Å²) >= 11 is 0. The van der Waals surface area contributed by atoms with Gasteiger partial charge in [-0.15, -0.1) is 0 Å². The Morgan fingerprint density at radius 1 is 1.17 bits per heavy atom. The quantitative estimate of drug-likeness (QED) is 0.795. The van der Waals surface area contributed by atoms with Crippen LogP contribution in [-0.4, -0.2) is 48.5 Å². The Bertz CT molecular complexity index is 556. The van der Waals surface area contributed by atoms with Gasteiger partial charge in [-0.1, -0.05) is 6.07 Å². The molecule has 1 saturated heterocycles. The number of aliphatic hydroxyl groups excluding tert-OH is 1. The molecule has 1 heterocycles. The fraction of sp³-hybridized carbons (Fsp3) is 0.625. The average molecular weight is 353 g/mol. The number of alkyl halides is 5. The maximum atomic E-state index is 13.6. The molecule has 3 nitrogen and oxygen atoms in total. The highest BCUT2D eigenvalue weighted by Crippen LogP contribution is 2.47. The SMILES string of the molecule is Cc1ccc(C(F)(F)C(F)(F)F)c(OCC(O)CN2CCCC2)c1. The second-order valence-corrected chi connectivity index (χ2v) is 6.04. The van der Waals surface area contributed by atoms with E-state index in [9.17, 15) is 27.1 Å². The molecule has 1 aliphatic rings. The van der Waals surface area contributed by atoms with Gasteiger partial charge in [0.25, 0.3) is 0 Å². The van der Waals surface area contributed by atoms with Crippen LogP contribution in [-0.2, 0) is 5.92 Å². The Kier molecular flexibility index (Phi) is 5.70. The first-order valence-electron chi connectivity index (χ1n) is 7.70. The maximum Gasteiger partial charge on any atom is 0.458 e. The first kappa shape index (κ1) is 18.9. The van der Waals surface area contributed by atoms with Crippen molar-refractivity contribution in [3.63, 3.8) is 0 Å². The predicted molar refractivity (Wildman–Crippen MR) is 78.3 cm³/mol. The molecule has 0 amide bonds. The lowest BCUT2D eigenvalue weighted by Crippen LogP contribution is -2.35. The van der Waals surface area contributed by atoms with E-state index in [-0.39, 0.29) is 6.61 Å². The number of nitrogens with zero attached hydrogens (tertiary/aromatic N) is 1. The summed E-state index contributed by atoms with van der Waals surface area (Å²) in [5.41, 5.74) is -0.755. The first-order chi connectivity index (χ1) is 11.1. The third-order valence-corrected chi connectivity index (χ3v) is 3.93. The van der Waals surface area contributed by atoms with Gasteiger partial charge in [-0.2, -0.15) is 22.0 Å². The van der Waals surface area contributed by atoms with Crippen molar-refractivity contribution < 1.29 is 31.8 Å². The van der Waals surface area contributed by atoms with E-state index < -0.39 is 29.5 Å². The molecule has 1 unspecified atom stereocenters. The molecule has 0 spiro atoms. The maximum absolute atomic E-state index is 13.6. The summed E-state index contributed by atoms with van der Waals surface area (Å²) in [5, 5.41) is 9.92. The van der Waals surface area contributed by atoms with E-state index in [0.717, 1.165) is 32.0 Å². The van der Waals surface area contributed by atoms with Gasteiger partial charge in [-0.3, -0.25) is 0 Å². The fourth-order valence-electron chi connectivity index (χ4n) is 2.66. The van der Waals surface area contributed by atoms with Crippen LogP contribution in [0.4, 0.5) is 22.0 Å². The van der Waals surface area contributed by atoms with Crippen molar-refractivity contribution in [2.45, 2.75) is 38.0 Å². The van der Waals surface area contributed by atoms with E-state index in [2.05, 4.69) is 0 Å². The molecule has 1 aliphatic heterocycles. The summed E-state index contributed by atoms with van der Waals surface area (Å²) in [4.78, 5) is 2.00. The molecular weight excluding hydrogens is 333 g/mol. The number of hydrogen-bond acceptors (Lipinski definition) is 3. The summed E-state index contributed by atoms with van der Waals surface area (Å²) in [6.07, 6.45) is -4.63. The number of likely N-dealkylation sites (tertiary alicyclic amines) is 1. The minimum absolute atomic E-state index is 0.302. The van der Waals surface area contributed by atoms with Crippen molar-refractivity contribution >= 4 is 0 Å². The second-order valence-electron chi connectivity index (χ2n) is 6.04. The van der Waals surface area contributed by atoms with Crippen molar-refractivity contribution in [1.82, 2.24) is 4.90 Å². The van der Waals surface area contributed by atoms with Gasteiger partial charge in [-0.25, -0.2) is 0 Å². The van der Waals surface area contributed by atoms with E-state index in [4.69, 9.17) is 4.74 Å². The Morgan fingerprint density at radius 2 is 1.79 bits per heavy atom. The number of benzene rings is 1. The molecule has 0 bridgehead atoms. The van der Waals surface area contributed by atoms with Crippen LogP contribution in [0.1, 0.15) is 24.0 Å². The third kappa shape index (κ3) is 4.36. The molecule has 1 aromatic rings. The van der Waals surface area contributed by atoms with E-state index in [1.165, 1.54) is 6.07 Å². The van der Waals surface area contributed by atoms with Crippen LogP contribution in [0.15, 0.2) is 18.2 Å². The fourth-order valence-corrected chi connectivity index (χ4v) is 2.66. The highest BCUT2D eigenvalue weighted by Gasteiger charge is 2.60. The zero-order valence-corrected chi connectivity index (χ0v) is 13.2. The van der Waals surface area contributed by atoms with E-state index in [0.29, 0.717) is 18.2 Å². The lowest BCUT2D eigenvalue weighted by atomic mass is 10.0. The average Bonchev–Trinajstić information content (AvgIpc) is 2.96. The molecule has 2 rings (SSSR count). The Morgan fingerprint density at radius 3 is 2.38 bits per heavy atom. The van der Waals surface area contributed by atoms with Gasteiger partial charge in [0, 0.05) is 6.54 Å².